The van der Waals surface area contributed by atoms with Gasteiger partial charge in [-0.05, 0) is 74.9 Å². The van der Waals surface area contributed by atoms with Crippen molar-refractivity contribution in [3.05, 3.63) is 58.4 Å². The van der Waals surface area contributed by atoms with Crippen molar-refractivity contribution in [2.75, 3.05) is 14.1 Å². The summed E-state index contributed by atoms with van der Waals surface area (Å²) >= 11 is 0. The fraction of sp³-hybridized carbons (Fsp3) is 0.556. The predicted molar refractivity (Wildman–Crippen MR) is 173 cm³/mol. The number of likely N-dealkylation sites (N-methyl/N-ethyl adjacent to an activating group) is 1. The van der Waals surface area contributed by atoms with E-state index in [-0.39, 0.29) is 30.7 Å². The van der Waals surface area contributed by atoms with Gasteiger partial charge < -0.3 is 31.3 Å². The molecule has 6 N–H and O–H groups in total. The largest absolute Gasteiger partial charge is 0.507 e. The summed E-state index contributed by atoms with van der Waals surface area (Å²) in [5.41, 5.74) is 4.87. The van der Waals surface area contributed by atoms with Gasteiger partial charge in [-0.2, -0.15) is 0 Å². The second-order valence-electron chi connectivity index (χ2n) is 14.3. The fourth-order valence-corrected chi connectivity index (χ4v) is 9.00. The number of aromatic nitrogens is 1. The number of aliphatic hydroxyl groups is 2. The minimum Gasteiger partial charge on any atom is -0.507 e. The van der Waals surface area contributed by atoms with Crippen LogP contribution in [0.3, 0.4) is 0 Å². The number of phenols is 1. The zero-order valence-electron chi connectivity index (χ0n) is 27.4. The first-order valence-electron chi connectivity index (χ1n) is 16.9. The Hall–Kier alpha value is -4.00. The van der Waals surface area contributed by atoms with Gasteiger partial charge in [-0.25, -0.2) is 0 Å². The molecule has 2 aromatic rings. The summed E-state index contributed by atoms with van der Waals surface area (Å²) in [6.45, 7) is -0.0915. The smallest absolute Gasteiger partial charge is 0.253 e. The van der Waals surface area contributed by atoms with E-state index in [0.29, 0.717) is 29.0 Å². The third-order valence-corrected chi connectivity index (χ3v) is 11.4. The molecule has 256 valence electrons. The average Bonchev–Trinajstić information content (AvgIpc) is 3.06. The van der Waals surface area contributed by atoms with Gasteiger partial charge in [0.25, 0.3) is 5.91 Å². The number of carbonyl (C=O) groups is 5. The highest BCUT2D eigenvalue weighted by Gasteiger charge is 2.69. The Labute approximate surface area is 279 Å². The lowest BCUT2D eigenvalue weighted by molar-refractivity contribution is -0.190. The van der Waals surface area contributed by atoms with Crippen LogP contribution in [-0.4, -0.2) is 86.2 Å². The Balaban J connectivity index is 1.39. The van der Waals surface area contributed by atoms with Crippen LogP contribution in [0.4, 0.5) is 0 Å². The summed E-state index contributed by atoms with van der Waals surface area (Å²) in [6, 6.07) is 4.11. The van der Waals surface area contributed by atoms with E-state index in [1.54, 1.807) is 37.3 Å². The molecule has 12 heteroatoms. The van der Waals surface area contributed by atoms with Crippen LogP contribution in [0.2, 0.25) is 0 Å². The van der Waals surface area contributed by atoms with Crippen molar-refractivity contribution in [3.63, 3.8) is 0 Å². The molecule has 3 fully saturated rings. The van der Waals surface area contributed by atoms with Gasteiger partial charge in [0.15, 0.2) is 23.0 Å². The van der Waals surface area contributed by atoms with Crippen molar-refractivity contribution in [1.82, 2.24) is 15.2 Å². The molecule has 0 saturated heterocycles. The van der Waals surface area contributed by atoms with Gasteiger partial charge in [-0.1, -0.05) is 38.2 Å². The molecule has 1 aromatic carbocycles. The maximum atomic E-state index is 14.4. The Bertz CT molecular complexity index is 1640. The number of nitrogens with two attached hydrogens (primary N) is 1. The number of amides is 2. The highest BCUT2D eigenvalue weighted by atomic mass is 16.3. The lowest BCUT2D eigenvalue weighted by Crippen LogP contribution is -2.75. The van der Waals surface area contributed by atoms with Gasteiger partial charge in [-0.3, -0.25) is 29.0 Å². The van der Waals surface area contributed by atoms with Gasteiger partial charge in [0.1, 0.15) is 11.7 Å². The Morgan fingerprint density at radius 1 is 1.10 bits per heavy atom. The van der Waals surface area contributed by atoms with Crippen LogP contribution in [-0.2, 0) is 33.8 Å². The molecule has 0 spiro atoms. The first-order valence-corrected chi connectivity index (χ1v) is 16.9. The van der Waals surface area contributed by atoms with E-state index in [0.717, 1.165) is 24.8 Å². The van der Waals surface area contributed by atoms with Crippen LogP contribution in [0.5, 0.6) is 5.75 Å². The maximum absolute atomic E-state index is 14.4. The number of Topliss-reactive ketones (excluding diaryl/α,β-unsaturated/α-hetero) is 3. The van der Waals surface area contributed by atoms with E-state index < -0.39 is 70.6 Å². The quantitative estimate of drug-likeness (QED) is 0.259. The number of rotatable bonds is 8. The number of hydrogen-bond donors (Lipinski definition) is 5. The molecule has 7 atom stereocenters. The molecule has 48 heavy (non-hydrogen) atoms. The molecule has 3 unspecified atom stereocenters. The number of pyridine rings is 1. The van der Waals surface area contributed by atoms with Crippen molar-refractivity contribution >= 4 is 29.2 Å². The summed E-state index contributed by atoms with van der Waals surface area (Å²) in [7, 11) is 3.24. The number of hydrogen-bond acceptors (Lipinski definition) is 10. The Kier molecular flexibility index (Phi) is 9.27. The predicted octanol–water partition coefficient (Wildman–Crippen LogP) is 1.50. The zero-order chi connectivity index (χ0) is 34.5. The number of primary amides is 1. The lowest BCUT2D eigenvalue weighted by Gasteiger charge is -2.55. The van der Waals surface area contributed by atoms with E-state index in [1.807, 2.05) is 6.07 Å². The van der Waals surface area contributed by atoms with Crippen LogP contribution < -0.4 is 11.1 Å². The average molecular weight is 661 g/mol. The molecular formula is C36H44N4O8. The van der Waals surface area contributed by atoms with Gasteiger partial charge >= 0.3 is 0 Å². The van der Waals surface area contributed by atoms with E-state index in [4.69, 9.17) is 5.73 Å². The molecule has 3 saturated carbocycles. The Morgan fingerprint density at radius 2 is 1.83 bits per heavy atom. The van der Waals surface area contributed by atoms with E-state index in [1.165, 1.54) is 25.5 Å². The van der Waals surface area contributed by atoms with Gasteiger partial charge in [0, 0.05) is 36.5 Å². The third kappa shape index (κ3) is 5.63. The number of nitrogens with one attached hydrogen (secondary N) is 1. The second-order valence-corrected chi connectivity index (χ2v) is 14.3. The van der Waals surface area contributed by atoms with Crippen LogP contribution in [0.1, 0.15) is 82.4 Å². The Morgan fingerprint density at radius 3 is 2.48 bits per heavy atom. The summed E-state index contributed by atoms with van der Waals surface area (Å²) in [6.07, 6.45) is 9.06. The summed E-state index contributed by atoms with van der Waals surface area (Å²) in [4.78, 5) is 73.1. The lowest BCUT2D eigenvalue weighted by atomic mass is 9.52. The molecule has 1 heterocycles. The summed E-state index contributed by atoms with van der Waals surface area (Å²) < 4.78 is 0. The number of carbonyl (C=O) groups excluding carboxylic acids is 5. The number of nitrogens with zero attached hydrogens (tertiary/aromatic N) is 2. The summed E-state index contributed by atoms with van der Waals surface area (Å²) in [5.74, 6) is -9.32. The molecular weight excluding hydrogens is 616 g/mol. The fourth-order valence-electron chi connectivity index (χ4n) is 9.00. The minimum atomic E-state index is -2.73. The third-order valence-electron chi connectivity index (χ3n) is 11.4. The van der Waals surface area contributed by atoms with E-state index >= 15 is 0 Å². The maximum Gasteiger partial charge on any atom is 0.253 e. The molecule has 1 aromatic heterocycles. The van der Waals surface area contributed by atoms with Gasteiger partial charge in [0.2, 0.25) is 5.91 Å². The SMILES string of the molecule is CN(C)[C@H]1C(O)C(C(N)=O)C(=O)[C@]2(O)C(=O)C3C(=O)c4c(O)c(CNC(=O)c5cccnc5)cc(CCC5CCCCC5)c4C[C@@H]3C[C@H]12. The minimum absolute atomic E-state index is 0.0303. The van der Waals surface area contributed by atoms with Crippen molar-refractivity contribution in [3.8, 4) is 5.75 Å². The summed E-state index contributed by atoms with van der Waals surface area (Å²) in [5, 5.41) is 37.4. The molecule has 6 rings (SSSR count). The highest BCUT2D eigenvalue weighted by molar-refractivity contribution is 6.25. The van der Waals surface area contributed by atoms with Crippen molar-refractivity contribution < 1.29 is 39.3 Å². The van der Waals surface area contributed by atoms with Crippen LogP contribution >= 0.6 is 0 Å². The molecule has 0 aliphatic heterocycles. The normalized spacial score (nSPS) is 30.4. The number of fused-ring (bicyclic) bond motifs is 3. The number of aliphatic hydroxyl groups excluding tert-OH is 1. The van der Waals surface area contributed by atoms with Crippen LogP contribution in [0.25, 0.3) is 0 Å². The first-order chi connectivity index (χ1) is 22.9. The molecule has 12 nitrogen and oxygen atoms in total. The van der Waals surface area contributed by atoms with E-state index in [9.17, 15) is 39.3 Å². The van der Waals surface area contributed by atoms with Gasteiger partial charge in [-0.15, -0.1) is 0 Å². The highest BCUT2D eigenvalue weighted by Crippen LogP contribution is 2.52. The monoisotopic (exact) mass is 660 g/mol. The number of phenolic OH excluding ortho intramolecular Hbond substituents is 1. The number of benzene rings is 1. The standard InChI is InChI=1S/C36H44N4O8/c1-40(2)28-24-15-21-14-23-19(11-10-18-7-4-3-5-8-18)13-22(17-39-35(47)20-9-6-12-38-16-20)29(41)26(23)30(42)25(21)32(44)36(24,48)33(45)27(31(28)43)34(37)46/h6,9,12-13,16,18,21,24-25,27-28,31,41,43,48H,3-5,7-8,10-11,14-15,17H2,1-2H3,(H2,37,46)(H,39,47)/t21-,24-,25?,27?,28-,31?,36-/m1/s1. The van der Waals surface area contributed by atoms with Crippen LogP contribution in [0.15, 0.2) is 30.6 Å². The molecule has 2 amide bonds. The number of ketones is 3. The molecule has 4 aliphatic carbocycles. The van der Waals surface area contributed by atoms with Crippen LogP contribution in [0, 0.1) is 29.6 Å². The molecule has 0 radical (unpaired) electrons. The molecule has 4 aliphatic rings. The molecule has 0 bridgehead atoms. The van der Waals surface area contributed by atoms with Crippen molar-refractivity contribution in [2.45, 2.75) is 82.1 Å². The second kappa shape index (κ2) is 13.1. The first kappa shape index (κ1) is 33.9. The number of aromatic hydroxyl groups is 1. The zero-order valence-corrected chi connectivity index (χ0v) is 27.4. The van der Waals surface area contributed by atoms with E-state index in [2.05, 4.69) is 10.3 Å². The van der Waals surface area contributed by atoms with Gasteiger partial charge in [0.05, 0.1) is 23.1 Å². The van der Waals surface area contributed by atoms with Crippen molar-refractivity contribution in [1.29, 1.82) is 0 Å². The topological polar surface area (TPSA) is 200 Å². The number of aryl methyl sites for hydroxylation is 1. The van der Waals surface area contributed by atoms with Crippen molar-refractivity contribution in [2.24, 2.45) is 35.3 Å².